The van der Waals surface area contributed by atoms with Gasteiger partial charge in [-0.15, -0.1) is 0 Å². The van der Waals surface area contributed by atoms with Crippen LogP contribution in [-0.4, -0.2) is 30.0 Å². The van der Waals surface area contributed by atoms with Gasteiger partial charge in [-0.2, -0.15) is 4.37 Å². The van der Waals surface area contributed by atoms with Crippen LogP contribution in [0.3, 0.4) is 0 Å². The highest BCUT2D eigenvalue weighted by atomic mass is 32.1. The van der Waals surface area contributed by atoms with Gasteiger partial charge in [-0.25, -0.2) is 0 Å². The van der Waals surface area contributed by atoms with E-state index in [1.165, 1.54) is 11.5 Å². The summed E-state index contributed by atoms with van der Waals surface area (Å²) in [5, 5.41) is 6.24. The van der Waals surface area contributed by atoms with Gasteiger partial charge in [-0.3, -0.25) is 4.79 Å². The van der Waals surface area contributed by atoms with Crippen molar-refractivity contribution in [2.75, 3.05) is 24.7 Å². The molecule has 1 atom stereocenters. The molecule has 7 heteroatoms. The maximum atomic E-state index is 11.3. The molecular weight excluding hydrogens is 228 g/mol. The molecular formula is C9H16N4O2S. The van der Waals surface area contributed by atoms with E-state index in [-0.39, 0.29) is 11.9 Å². The molecule has 0 bridgehead atoms. The summed E-state index contributed by atoms with van der Waals surface area (Å²) in [6.07, 6.45) is 0. The Hall–Kier alpha value is -1.50. The highest BCUT2D eigenvalue weighted by molar-refractivity contribution is 7.11. The Morgan fingerprint density at radius 2 is 2.38 bits per heavy atom. The lowest BCUT2D eigenvalue weighted by atomic mass is 10.3. The first-order chi connectivity index (χ1) is 7.60. The van der Waals surface area contributed by atoms with Crippen molar-refractivity contribution in [1.29, 1.82) is 0 Å². The van der Waals surface area contributed by atoms with Gasteiger partial charge >= 0.3 is 0 Å². The van der Waals surface area contributed by atoms with Gasteiger partial charge < -0.3 is 21.1 Å². The predicted octanol–water partition coefficient (Wildman–Crippen LogP) is 0.670. The smallest absolute Gasteiger partial charge is 0.241 e. The predicted molar refractivity (Wildman–Crippen MR) is 64.8 cm³/mol. The van der Waals surface area contributed by atoms with E-state index in [0.29, 0.717) is 23.2 Å². The molecule has 1 amide bonds. The van der Waals surface area contributed by atoms with E-state index in [4.69, 9.17) is 10.5 Å². The quantitative estimate of drug-likeness (QED) is 0.708. The molecule has 0 spiro atoms. The number of anilines is 2. The molecule has 0 aliphatic carbocycles. The van der Waals surface area contributed by atoms with E-state index in [9.17, 15) is 4.79 Å². The minimum absolute atomic E-state index is 0.102. The van der Waals surface area contributed by atoms with Crippen LogP contribution in [0.25, 0.3) is 0 Å². The average molecular weight is 244 g/mol. The molecule has 1 aromatic heterocycles. The fraction of sp³-hybridized carbons (Fsp3) is 0.556. The van der Waals surface area contributed by atoms with Crippen molar-refractivity contribution < 1.29 is 9.53 Å². The van der Waals surface area contributed by atoms with Crippen LogP contribution < -0.4 is 21.1 Å². The zero-order valence-electron chi connectivity index (χ0n) is 9.53. The maximum Gasteiger partial charge on any atom is 0.241 e. The van der Waals surface area contributed by atoms with Crippen molar-refractivity contribution in [2.45, 2.75) is 19.9 Å². The number of nitrogens with one attached hydrogen (secondary N) is 2. The molecule has 0 aromatic carbocycles. The molecule has 4 N–H and O–H groups in total. The number of aromatic nitrogens is 1. The first-order valence-corrected chi connectivity index (χ1v) is 5.73. The number of carbonyl (C=O) groups excluding carboxylic acids is 1. The monoisotopic (exact) mass is 244 g/mol. The van der Waals surface area contributed by atoms with Gasteiger partial charge in [-0.1, -0.05) is 0 Å². The summed E-state index contributed by atoms with van der Waals surface area (Å²) in [7, 11) is 1.59. The fourth-order valence-corrected chi connectivity index (χ4v) is 1.90. The molecule has 1 rings (SSSR count). The number of hydrogen-bond donors (Lipinski definition) is 3. The summed E-state index contributed by atoms with van der Waals surface area (Å²) >= 11 is 1.18. The third-order valence-corrected chi connectivity index (χ3v) is 2.72. The molecule has 16 heavy (non-hydrogen) atoms. The Bertz CT molecular complexity index is 366. The molecule has 6 nitrogen and oxygen atoms in total. The number of ether oxygens (including phenoxy) is 1. The lowest BCUT2D eigenvalue weighted by molar-refractivity contribution is -0.121. The van der Waals surface area contributed by atoms with E-state index in [1.807, 2.05) is 6.92 Å². The Kier molecular flexibility index (Phi) is 4.36. The van der Waals surface area contributed by atoms with Gasteiger partial charge in [0.05, 0.1) is 6.61 Å². The van der Waals surface area contributed by atoms with Gasteiger partial charge in [-0.05, 0) is 25.4 Å². The molecule has 0 aliphatic rings. The van der Waals surface area contributed by atoms with E-state index in [1.54, 1.807) is 14.0 Å². The van der Waals surface area contributed by atoms with E-state index in [0.717, 1.165) is 0 Å². The Morgan fingerprint density at radius 1 is 1.69 bits per heavy atom. The Balaban J connectivity index is 2.76. The second kappa shape index (κ2) is 5.55. The third-order valence-electron chi connectivity index (χ3n) is 1.95. The zero-order chi connectivity index (χ0) is 12.1. The van der Waals surface area contributed by atoms with Crippen LogP contribution >= 0.6 is 11.5 Å². The number of nitrogen functional groups attached to an aromatic ring is 1. The van der Waals surface area contributed by atoms with Crippen LogP contribution in [-0.2, 0) is 4.79 Å². The number of nitrogens with two attached hydrogens (primary N) is 1. The molecule has 0 radical (unpaired) electrons. The van der Waals surface area contributed by atoms with Crippen LogP contribution in [0.15, 0.2) is 0 Å². The molecule has 0 aliphatic heterocycles. The van der Waals surface area contributed by atoms with Crippen LogP contribution in [0.1, 0.15) is 13.8 Å². The van der Waals surface area contributed by atoms with Crippen molar-refractivity contribution >= 4 is 28.3 Å². The first kappa shape index (κ1) is 12.6. The minimum Gasteiger partial charge on any atom is -0.487 e. The van der Waals surface area contributed by atoms with E-state index >= 15 is 0 Å². The van der Waals surface area contributed by atoms with Crippen molar-refractivity contribution in [2.24, 2.45) is 0 Å². The van der Waals surface area contributed by atoms with Gasteiger partial charge in [0.15, 0.2) is 16.6 Å². The second-order valence-electron chi connectivity index (χ2n) is 3.14. The first-order valence-electron chi connectivity index (χ1n) is 4.96. The Labute approximate surface area is 98.3 Å². The lowest BCUT2D eigenvalue weighted by Crippen LogP contribution is -2.35. The largest absolute Gasteiger partial charge is 0.487 e. The molecule has 1 unspecified atom stereocenters. The average Bonchev–Trinajstić information content (AvgIpc) is 2.61. The summed E-state index contributed by atoms with van der Waals surface area (Å²) < 4.78 is 9.32. The van der Waals surface area contributed by atoms with Crippen molar-refractivity contribution in [3.63, 3.8) is 0 Å². The minimum atomic E-state index is -0.357. The second-order valence-corrected chi connectivity index (χ2v) is 3.91. The van der Waals surface area contributed by atoms with Gasteiger partial charge in [0, 0.05) is 7.05 Å². The highest BCUT2D eigenvalue weighted by Gasteiger charge is 2.17. The summed E-state index contributed by atoms with van der Waals surface area (Å²) in [5.41, 5.74) is 5.65. The molecule has 90 valence electrons. The summed E-state index contributed by atoms with van der Waals surface area (Å²) in [5.74, 6) is 0.760. The van der Waals surface area contributed by atoms with E-state index in [2.05, 4.69) is 15.0 Å². The standard InChI is InChI=1S/C9H16N4O2S/c1-4-15-6-7(10)13-16-9(6)12-5(2)8(14)11-3/h5,12H,4H2,1-3H3,(H2,10,13)(H,11,14). The number of amides is 1. The van der Waals surface area contributed by atoms with Crippen molar-refractivity contribution in [3.8, 4) is 5.75 Å². The molecule has 0 fully saturated rings. The molecule has 1 aromatic rings. The highest BCUT2D eigenvalue weighted by Crippen LogP contribution is 2.35. The van der Waals surface area contributed by atoms with Gasteiger partial charge in [0.25, 0.3) is 0 Å². The van der Waals surface area contributed by atoms with Crippen LogP contribution in [0.5, 0.6) is 5.75 Å². The van der Waals surface area contributed by atoms with Crippen molar-refractivity contribution in [3.05, 3.63) is 0 Å². The SMILES string of the molecule is CCOc1c(N)nsc1NC(C)C(=O)NC. The maximum absolute atomic E-state index is 11.3. The molecule has 1 heterocycles. The van der Waals surface area contributed by atoms with Gasteiger partial charge in [0.2, 0.25) is 5.91 Å². The zero-order valence-corrected chi connectivity index (χ0v) is 10.4. The van der Waals surface area contributed by atoms with Gasteiger partial charge in [0.1, 0.15) is 6.04 Å². The lowest BCUT2D eigenvalue weighted by Gasteiger charge is -2.13. The third kappa shape index (κ3) is 2.75. The van der Waals surface area contributed by atoms with Crippen LogP contribution in [0.4, 0.5) is 10.8 Å². The number of likely N-dealkylation sites (N-methyl/N-ethyl adjacent to an activating group) is 1. The topological polar surface area (TPSA) is 89.3 Å². The summed E-state index contributed by atoms with van der Waals surface area (Å²) in [4.78, 5) is 11.3. The normalized spacial score (nSPS) is 11.9. The number of hydrogen-bond acceptors (Lipinski definition) is 6. The van der Waals surface area contributed by atoms with Crippen molar-refractivity contribution in [1.82, 2.24) is 9.69 Å². The number of nitrogens with zero attached hydrogens (tertiary/aromatic N) is 1. The Morgan fingerprint density at radius 3 is 2.94 bits per heavy atom. The summed E-state index contributed by atoms with van der Waals surface area (Å²) in [6.45, 7) is 4.12. The molecule has 0 saturated heterocycles. The van der Waals surface area contributed by atoms with Crippen LogP contribution in [0.2, 0.25) is 0 Å². The van der Waals surface area contributed by atoms with E-state index < -0.39 is 0 Å². The molecule has 0 saturated carbocycles. The number of carbonyl (C=O) groups is 1. The van der Waals surface area contributed by atoms with Crippen LogP contribution in [0, 0.1) is 0 Å². The fourth-order valence-electron chi connectivity index (χ4n) is 1.15. The number of rotatable bonds is 5. The summed E-state index contributed by atoms with van der Waals surface area (Å²) in [6, 6.07) is -0.357.